The highest BCUT2D eigenvalue weighted by Gasteiger charge is 2.12. The molecule has 0 saturated carbocycles. The maximum absolute atomic E-state index is 11.8. The summed E-state index contributed by atoms with van der Waals surface area (Å²) in [5.74, 6) is -0.0812. The molecule has 2 N–H and O–H groups in total. The number of benzene rings is 2. The van der Waals surface area contributed by atoms with Gasteiger partial charge in [0.25, 0.3) is 5.91 Å². The summed E-state index contributed by atoms with van der Waals surface area (Å²) in [5.41, 5.74) is 7.75. The van der Waals surface area contributed by atoms with Crippen molar-refractivity contribution in [1.29, 1.82) is 0 Å². The van der Waals surface area contributed by atoms with Crippen molar-refractivity contribution in [2.75, 3.05) is 7.11 Å². The quantitative estimate of drug-likeness (QED) is 0.787. The molecule has 0 fully saturated rings. The first-order valence-corrected chi connectivity index (χ1v) is 7.59. The molecule has 0 atom stereocenters. The Balaban J connectivity index is 2.31. The van der Waals surface area contributed by atoms with E-state index in [1.54, 1.807) is 43.5 Å². The summed E-state index contributed by atoms with van der Waals surface area (Å²) in [6.45, 7) is 1.90. The second-order valence-corrected chi connectivity index (χ2v) is 5.66. The second-order valence-electron chi connectivity index (χ2n) is 5.25. The summed E-state index contributed by atoms with van der Waals surface area (Å²) >= 11 is 6.12. The highest BCUT2D eigenvalue weighted by atomic mass is 35.5. The van der Waals surface area contributed by atoms with Gasteiger partial charge >= 0.3 is 0 Å². The van der Waals surface area contributed by atoms with Crippen LogP contribution in [0.15, 0.2) is 51.9 Å². The first-order chi connectivity index (χ1) is 11.5. The third-order valence-electron chi connectivity index (χ3n) is 3.61. The summed E-state index contributed by atoms with van der Waals surface area (Å²) in [7, 11) is 1.54. The Bertz CT molecular complexity index is 1010. The van der Waals surface area contributed by atoms with Gasteiger partial charge in [0.05, 0.1) is 12.8 Å². The molecule has 6 heteroatoms. The average molecular weight is 343 g/mol. The van der Waals surface area contributed by atoms with Crippen LogP contribution in [0.5, 0.6) is 5.75 Å². The highest BCUT2D eigenvalue weighted by molar-refractivity contribution is 6.31. The van der Waals surface area contributed by atoms with Gasteiger partial charge in [-0.3, -0.25) is 4.79 Å². The van der Waals surface area contributed by atoms with Gasteiger partial charge < -0.3 is 14.9 Å². The molecule has 1 heterocycles. The highest BCUT2D eigenvalue weighted by Crippen LogP contribution is 2.25. The third-order valence-corrected chi connectivity index (χ3v) is 4.02. The van der Waals surface area contributed by atoms with Crippen LogP contribution in [0.25, 0.3) is 11.0 Å². The van der Waals surface area contributed by atoms with Crippen molar-refractivity contribution in [3.63, 3.8) is 0 Å². The van der Waals surface area contributed by atoms with Crippen LogP contribution in [0.3, 0.4) is 0 Å². The van der Waals surface area contributed by atoms with Crippen molar-refractivity contribution in [3.8, 4) is 5.75 Å². The molecule has 1 amide bonds. The van der Waals surface area contributed by atoms with Crippen molar-refractivity contribution in [2.45, 2.75) is 6.92 Å². The molecule has 0 bridgehead atoms. The lowest BCUT2D eigenvalue weighted by Crippen LogP contribution is -2.21. The van der Waals surface area contributed by atoms with Gasteiger partial charge in [0.2, 0.25) is 5.55 Å². The summed E-state index contributed by atoms with van der Waals surface area (Å²) in [4.78, 5) is 16.2. The fourth-order valence-electron chi connectivity index (χ4n) is 2.31. The lowest BCUT2D eigenvalue weighted by Gasteiger charge is -2.06. The standard InChI is InChI=1S/C18H15ClN2O3/c1-10-6-7-12(9-14(10)19)21-18-13(17(20)22)8-11-4-3-5-15(23-2)16(11)24-18/h3-9H,1-2H3,(H2,20,22). The fourth-order valence-corrected chi connectivity index (χ4v) is 2.49. The van der Waals surface area contributed by atoms with E-state index in [1.807, 2.05) is 13.0 Å². The average Bonchev–Trinajstić information content (AvgIpc) is 2.57. The molecule has 24 heavy (non-hydrogen) atoms. The number of primary amides is 1. The van der Waals surface area contributed by atoms with Gasteiger partial charge in [0.1, 0.15) is 5.56 Å². The zero-order valence-corrected chi connectivity index (χ0v) is 13.9. The number of amides is 1. The normalized spacial score (nSPS) is 11.7. The van der Waals surface area contributed by atoms with Gasteiger partial charge in [0, 0.05) is 10.4 Å². The molecule has 2 aromatic carbocycles. The number of aryl methyl sites for hydroxylation is 1. The van der Waals surface area contributed by atoms with Crippen molar-refractivity contribution in [1.82, 2.24) is 0 Å². The van der Waals surface area contributed by atoms with E-state index in [0.717, 1.165) is 5.56 Å². The Morgan fingerprint density at radius 2 is 2.04 bits per heavy atom. The minimum atomic E-state index is -0.625. The van der Waals surface area contributed by atoms with Gasteiger partial charge in [-0.15, -0.1) is 0 Å². The molecule has 5 nitrogen and oxygen atoms in total. The fraction of sp³-hybridized carbons (Fsp3) is 0.111. The van der Waals surface area contributed by atoms with Crippen molar-refractivity contribution in [3.05, 3.63) is 64.2 Å². The Kier molecular flexibility index (Phi) is 4.27. The number of fused-ring (bicyclic) bond motifs is 1. The number of carbonyl (C=O) groups excluding carboxylic acids is 1. The van der Waals surface area contributed by atoms with Crippen molar-refractivity contribution in [2.24, 2.45) is 10.7 Å². The molecule has 0 unspecified atom stereocenters. The molecular weight excluding hydrogens is 328 g/mol. The van der Waals surface area contributed by atoms with E-state index in [1.165, 1.54) is 0 Å². The van der Waals surface area contributed by atoms with E-state index in [0.29, 0.717) is 27.4 Å². The van der Waals surface area contributed by atoms with Gasteiger partial charge in [-0.25, -0.2) is 4.99 Å². The molecule has 0 aliphatic rings. The van der Waals surface area contributed by atoms with Crippen molar-refractivity contribution < 1.29 is 13.9 Å². The molecule has 0 spiro atoms. The molecule has 0 aliphatic carbocycles. The molecule has 3 aromatic rings. The Labute approximate surface area is 143 Å². The predicted molar refractivity (Wildman–Crippen MR) is 92.7 cm³/mol. The largest absolute Gasteiger partial charge is 0.493 e. The first kappa shape index (κ1) is 16.1. The number of ether oxygens (including phenoxy) is 1. The summed E-state index contributed by atoms with van der Waals surface area (Å²) in [6, 6.07) is 12.3. The maximum atomic E-state index is 11.8. The molecular formula is C18H15ClN2O3. The van der Waals surface area contributed by atoms with Gasteiger partial charge in [-0.05, 0) is 36.8 Å². The smallest absolute Gasteiger partial charge is 0.254 e. The van der Waals surface area contributed by atoms with Crippen LogP contribution in [-0.4, -0.2) is 13.0 Å². The number of nitrogens with two attached hydrogens (primary N) is 1. The third kappa shape index (κ3) is 2.98. The Morgan fingerprint density at radius 1 is 1.25 bits per heavy atom. The van der Waals surface area contributed by atoms with Crippen LogP contribution in [0.2, 0.25) is 5.02 Å². The van der Waals surface area contributed by atoms with Gasteiger partial charge in [0.15, 0.2) is 11.3 Å². The number of halogens is 1. The number of hydrogen-bond donors (Lipinski definition) is 1. The molecule has 1 aromatic heterocycles. The molecule has 0 saturated heterocycles. The maximum Gasteiger partial charge on any atom is 0.254 e. The van der Waals surface area contributed by atoms with Crippen LogP contribution in [0.4, 0.5) is 5.69 Å². The molecule has 3 rings (SSSR count). The van der Waals surface area contributed by atoms with E-state index < -0.39 is 5.91 Å². The number of para-hydroxylation sites is 1. The minimum Gasteiger partial charge on any atom is -0.493 e. The van der Waals surface area contributed by atoms with E-state index in [9.17, 15) is 4.79 Å². The van der Waals surface area contributed by atoms with Crippen LogP contribution < -0.4 is 16.0 Å². The zero-order chi connectivity index (χ0) is 17.3. The summed E-state index contributed by atoms with van der Waals surface area (Å²) < 4.78 is 11.1. The van der Waals surface area contributed by atoms with E-state index in [-0.39, 0.29) is 11.1 Å². The number of carbonyl (C=O) groups is 1. The number of nitrogens with zero attached hydrogens (tertiary/aromatic N) is 1. The van der Waals surface area contributed by atoms with Crippen LogP contribution in [-0.2, 0) is 0 Å². The van der Waals surface area contributed by atoms with Gasteiger partial charge in [-0.2, -0.15) is 0 Å². The Hall–Kier alpha value is -2.79. The van der Waals surface area contributed by atoms with Gasteiger partial charge in [-0.1, -0.05) is 29.8 Å². The summed E-state index contributed by atoms with van der Waals surface area (Å²) in [6.07, 6.45) is 0. The van der Waals surface area contributed by atoms with E-state index in [2.05, 4.69) is 4.99 Å². The predicted octanol–water partition coefficient (Wildman–Crippen LogP) is 3.73. The van der Waals surface area contributed by atoms with Crippen LogP contribution in [0, 0.1) is 6.92 Å². The monoisotopic (exact) mass is 342 g/mol. The Morgan fingerprint density at radius 3 is 2.71 bits per heavy atom. The molecule has 0 radical (unpaired) electrons. The first-order valence-electron chi connectivity index (χ1n) is 7.21. The van der Waals surface area contributed by atoms with Crippen LogP contribution in [0.1, 0.15) is 15.9 Å². The van der Waals surface area contributed by atoms with Crippen LogP contribution >= 0.6 is 11.6 Å². The topological polar surface area (TPSA) is 77.8 Å². The summed E-state index contributed by atoms with van der Waals surface area (Å²) in [5, 5.41) is 1.28. The zero-order valence-electron chi connectivity index (χ0n) is 13.2. The lowest BCUT2D eigenvalue weighted by molar-refractivity contribution is 0.0996. The molecule has 122 valence electrons. The lowest BCUT2D eigenvalue weighted by atomic mass is 10.1. The number of rotatable bonds is 3. The number of methoxy groups -OCH3 is 1. The number of hydrogen-bond acceptors (Lipinski definition) is 4. The second kappa shape index (κ2) is 6.37. The van der Waals surface area contributed by atoms with Crippen molar-refractivity contribution >= 4 is 34.2 Å². The SMILES string of the molecule is COc1cccc2cc(C(N)=O)c(=Nc3ccc(C)c(Cl)c3)oc12. The van der Waals surface area contributed by atoms with E-state index >= 15 is 0 Å². The molecule has 0 aliphatic heterocycles. The van der Waals surface area contributed by atoms with E-state index in [4.69, 9.17) is 26.5 Å². The minimum absolute atomic E-state index is 0.111.